The van der Waals surface area contributed by atoms with Gasteiger partial charge in [0, 0.05) is 17.1 Å². The molecule has 2 aromatic carbocycles. The van der Waals surface area contributed by atoms with E-state index in [1.807, 2.05) is 24.3 Å². The number of hydrogen-bond donors (Lipinski definition) is 2. The van der Waals surface area contributed by atoms with Crippen molar-refractivity contribution in [3.8, 4) is 0 Å². The van der Waals surface area contributed by atoms with Gasteiger partial charge in [-0.3, -0.25) is 0 Å². The van der Waals surface area contributed by atoms with Gasteiger partial charge in [-0.15, -0.1) is 0 Å². The van der Waals surface area contributed by atoms with E-state index < -0.39 is 0 Å². The molecule has 0 saturated heterocycles. The van der Waals surface area contributed by atoms with Crippen LogP contribution in [0.25, 0.3) is 0 Å². The number of rotatable bonds is 2. The minimum atomic E-state index is -0.238. The Balaban J connectivity index is 2.15. The minimum absolute atomic E-state index is 0.238. The molecular weight excluding hydrogens is 191 g/mol. The molecule has 0 aliphatic heterocycles. The summed E-state index contributed by atoms with van der Waals surface area (Å²) < 4.78 is 12.6. The van der Waals surface area contributed by atoms with Crippen molar-refractivity contribution in [2.24, 2.45) is 0 Å². The van der Waals surface area contributed by atoms with Crippen LogP contribution in [-0.2, 0) is 0 Å². The van der Waals surface area contributed by atoms with E-state index in [9.17, 15) is 4.39 Å². The summed E-state index contributed by atoms with van der Waals surface area (Å²) in [7, 11) is 0. The van der Waals surface area contributed by atoms with Gasteiger partial charge in [0.25, 0.3) is 0 Å². The summed E-state index contributed by atoms with van der Waals surface area (Å²) >= 11 is 0. The molecule has 76 valence electrons. The van der Waals surface area contributed by atoms with Crippen LogP contribution in [0.1, 0.15) is 0 Å². The van der Waals surface area contributed by atoms with E-state index in [4.69, 9.17) is 5.73 Å². The normalized spacial score (nSPS) is 9.93. The maximum Gasteiger partial charge on any atom is 0.123 e. The lowest BCUT2D eigenvalue weighted by molar-refractivity contribution is 0.628. The van der Waals surface area contributed by atoms with E-state index in [-0.39, 0.29) is 5.82 Å². The number of benzene rings is 2. The average molecular weight is 202 g/mol. The Hall–Kier alpha value is -2.03. The Bertz CT molecular complexity index is 391. The van der Waals surface area contributed by atoms with Gasteiger partial charge in [0.1, 0.15) is 5.82 Å². The molecule has 3 N–H and O–H groups in total. The van der Waals surface area contributed by atoms with Crippen LogP contribution in [0.2, 0.25) is 0 Å². The first-order valence-corrected chi connectivity index (χ1v) is 4.62. The Morgan fingerprint density at radius 1 is 0.800 bits per heavy atom. The van der Waals surface area contributed by atoms with Gasteiger partial charge in [-0.25, -0.2) is 4.39 Å². The second-order valence-corrected chi connectivity index (χ2v) is 3.25. The molecule has 2 aromatic rings. The van der Waals surface area contributed by atoms with Crippen LogP contribution in [0.5, 0.6) is 0 Å². The van der Waals surface area contributed by atoms with Crippen molar-refractivity contribution < 1.29 is 4.39 Å². The highest BCUT2D eigenvalue weighted by molar-refractivity contribution is 5.61. The molecule has 0 aliphatic carbocycles. The number of nitrogens with two attached hydrogens (primary N) is 1. The molecule has 0 heterocycles. The van der Waals surface area contributed by atoms with Gasteiger partial charge in [0.15, 0.2) is 0 Å². The van der Waals surface area contributed by atoms with Crippen molar-refractivity contribution in [1.82, 2.24) is 0 Å². The van der Waals surface area contributed by atoms with E-state index in [1.54, 1.807) is 12.1 Å². The zero-order chi connectivity index (χ0) is 10.7. The minimum Gasteiger partial charge on any atom is -0.399 e. The molecule has 0 amide bonds. The fourth-order valence-electron chi connectivity index (χ4n) is 1.27. The van der Waals surface area contributed by atoms with Crippen LogP contribution in [0.3, 0.4) is 0 Å². The van der Waals surface area contributed by atoms with Crippen LogP contribution < -0.4 is 11.1 Å². The van der Waals surface area contributed by atoms with Gasteiger partial charge in [-0.1, -0.05) is 0 Å². The molecule has 2 rings (SSSR count). The second-order valence-electron chi connectivity index (χ2n) is 3.25. The first-order chi connectivity index (χ1) is 7.24. The predicted molar refractivity (Wildman–Crippen MR) is 60.5 cm³/mol. The molecule has 0 radical (unpaired) electrons. The molecule has 0 bridgehead atoms. The largest absolute Gasteiger partial charge is 0.399 e. The van der Waals surface area contributed by atoms with Crippen LogP contribution in [0, 0.1) is 5.82 Å². The summed E-state index contributed by atoms with van der Waals surface area (Å²) in [4.78, 5) is 0. The zero-order valence-corrected chi connectivity index (χ0v) is 8.07. The summed E-state index contributed by atoms with van der Waals surface area (Å²) in [6, 6.07) is 13.6. The molecule has 0 aromatic heterocycles. The summed E-state index contributed by atoms with van der Waals surface area (Å²) in [5, 5.41) is 3.14. The Labute approximate surface area is 87.5 Å². The highest BCUT2D eigenvalue weighted by atomic mass is 19.1. The van der Waals surface area contributed by atoms with E-state index >= 15 is 0 Å². The van der Waals surface area contributed by atoms with Gasteiger partial charge in [0.2, 0.25) is 0 Å². The van der Waals surface area contributed by atoms with Gasteiger partial charge >= 0.3 is 0 Å². The predicted octanol–water partition coefficient (Wildman–Crippen LogP) is 3.15. The zero-order valence-electron chi connectivity index (χ0n) is 8.07. The second kappa shape index (κ2) is 4.00. The number of nitrogen functional groups attached to an aromatic ring is 1. The Morgan fingerprint density at radius 2 is 1.27 bits per heavy atom. The molecule has 2 nitrogen and oxygen atoms in total. The van der Waals surface area contributed by atoms with Crippen LogP contribution in [0.15, 0.2) is 48.5 Å². The van der Waals surface area contributed by atoms with Gasteiger partial charge in [-0.2, -0.15) is 0 Å². The number of halogens is 1. The molecule has 0 unspecified atom stereocenters. The average Bonchev–Trinajstić information content (AvgIpc) is 2.25. The van der Waals surface area contributed by atoms with Gasteiger partial charge in [0.05, 0.1) is 0 Å². The summed E-state index contributed by atoms with van der Waals surface area (Å²) in [6.07, 6.45) is 0. The third kappa shape index (κ3) is 2.47. The van der Waals surface area contributed by atoms with E-state index in [0.29, 0.717) is 0 Å². The standard InChI is InChI=1S/C12H11FN2/c13-9-1-5-11(6-2-9)15-12-7-3-10(14)4-8-12/h1-8,15H,14H2. The highest BCUT2D eigenvalue weighted by Gasteiger charge is 1.94. The SMILES string of the molecule is Nc1ccc(Nc2ccc(F)cc2)cc1. The van der Waals surface area contributed by atoms with E-state index in [1.165, 1.54) is 12.1 Å². The number of anilines is 3. The first kappa shape index (κ1) is 9.52. The first-order valence-electron chi connectivity index (χ1n) is 4.62. The maximum atomic E-state index is 12.6. The maximum absolute atomic E-state index is 12.6. The lowest BCUT2D eigenvalue weighted by Gasteiger charge is -2.06. The number of nitrogens with one attached hydrogen (secondary N) is 1. The fraction of sp³-hybridized carbons (Fsp3) is 0. The lowest BCUT2D eigenvalue weighted by Crippen LogP contribution is -1.91. The van der Waals surface area contributed by atoms with Crippen molar-refractivity contribution in [3.63, 3.8) is 0 Å². The lowest BCUT2D eigenvalue weighted by atomic mass is 10.2. The van der Waals surface area contributed by atoms with E-state index in [0.717, 1.165) is 17.1 Å². The summed E-state index contributed by atoms with van der Waals surface area (Å²) in [5.74, 6) is -0.238. The van der Waals surface area contributed by atoms with Crippen LogP contribution >= 0.6 is 0 Å². The van der Waals surface area contributed by atoms with Crippen molar-refractivity contribution in [2.75, 3.05) is 11.1 Å². The monoisotopic (exact) mass is 202 g/mol. The molecule has 15 heavy (non-hydrogen) atoms. The summed E-state index contributed by atoms with van der Waals surface area (Å²) in [5.41, 5.74) is 8.06. The third-order valence-electron chi connectivity index (χ3n) is 2.04. The van der Waals surface area contributed by atoms with E-state index in [2.05, 4.69) is 5.32 Å². The Kier molecular flexibility index (Phi) is 2.54. The molecule has 3 heteroatoms. The molecular formula is C12H11FN2. The molecule has 0 aliphatic rings. The third-order valence-corrected chi connectivity index (χ3v) is 2.04. The van der Waals surface area contributed by atoms with Crippen molar-refractivity contribution >= 4 is 17.1 Å². The smallest absolute Gasteiger partial charge is 0.123 e. The quantitative estimate of drug-likeness (QED) is 0.734. The van der Waals surface area contributed by atoms with Crippen molar-refractivity contribution in [3.05, 3.63) is 54.3 Å². The molecule has 0 spiro atoms. The van der Waals surface area contributed by atoms with Gasteiger partial charge < -0.3 is 11.1 Å². The topological polar surface area (TPSA) is 38.0 Å². The fourth-order valence-corrected chi connectivity index (χ4v) is 1.27. The van der Waals surface area contributed by atoms with Crippen LogP contribution in [-0.4, -0.2) is 0 Å². The summed E-state index contributed by atoms with van der Waals surface area (Å²) in [6.45, 7) is 0. The van der Waals surface area contributed by atoms with Crippen molar-refractivity contribution in [2.45, 2.75) is 0 Å². The number of hydrogen-bond acceptors (Lipinski definition) is 2. The molecule has 0 atom stereocenters. The Morgan fingerprint density at radius 3 is 1.80 bits per heavy atom. The van der Waals surface area contributed by atoms with Gasteiger partial charge in [-0.05, 0) is 48.5 Å². The van der Waals surface area contributed by atoms with Crippen molar-refractivity contribution in [1.29, 1.82) is 0 Å². The highest BCUT2D eigenvalue weighted by Crippen LogP contribution is 2.17. The molecule has 0 saturated carbocycles. The van der Waals surface area contributed by atoms with Crippen LogP contribution in [0.4, 0.5) is 21.5 Å². The molecule has 0 fully saturated rings.